The van der Waals surface area contributed by atoms with Crippen LogP contribution in [0.2, 0.25) is 0 Å². The summed E-state index contributed by atoms with van der Waals surface area (Å²) in [5, 5.41) is 4.87. The lowest BCUT2D eigenvalue weighted by molar-refractivity contribution is 1.11. The quantitative estimate of drug-likeness (QED) is 0.144. The molecule has 2 nitrogen and oxygen atoms in total. The molecule has 0 spiro atoms. The molecule has 0 bridgehead atoms. The number of aromatic nitrogens is 2. The van der Waals surface area contributed by atoms with E-state index in [2.05, 4.69) is 183 Å². The molecule has 0 aliphatic heterocycles. The monoisotopic (exact) mass is 748 g/mol. The summed E-state index contributed by atoms with van der Waals surface area (Å²) in [4.78, 5) is 0. The van der Waals surface area contributed by atoms with Gasteiger partial charge in [-0.3, -0.25) is 0 Å². The van der Waals surface area contributed by atoms with E-state index in [4.69, 9.17) is 0 Å². The first-order valence-corrected chi connectivity index (χ1v) is 20.1. The number of rotatable bonds is 7. The standard InChI is InChI=1S/C54H40N2S/c1-7-33(5)37(8-2)45-31-35(28-27-34(45)6)55-47-24-16-13-22-43(47)51-38(9-3)39(10-4)52-44-23-14-17-25-48(44)56(54(52)42-21-12-11-20-41(42)53(51)55)36-29-30-50-46(32-36)40-19-15-18-26-49(40)57-50/h7-32H,1-4H2,5-6H3/b37-33+,39-38-,51-38?,52-39?,53-41?,54-42?. The average Bonchev–Trinajstić information content (AvgIpc) is 3.90. The predicted molar refractivity (Wildman–Crippen MR) is 249 cm³/mol. The van der Waals surface area contributed by atoms with Crippen LogP contribution in [0.3, 0.4) is 0 Å². The lowest BCUT2D eigenvalue weighted by Gasteiger charge is -2.23. The van der Waals surface area contributed by atoms with E-state index in [1.165, 1.54) is 31.1 Å². The molecule has 3 aromatic heterocycles. The number of benzene rings is 6. The molecule has 57 heavy (non-hydrogen) atoms. The van der Waals surface area contributed by atoms with Gasteiger partial charge in [0.05, 0.1) is 22.4 Å². The van der Waals surface area contributed by atoms with E-state index >= 15 is 0 Å². The van der Waals surface area contributed by atoms with Gasteiger partial charge in [0, 0.05) is 64.6 Å². The van der Waals surface area contributed by atoms with Crippen LogP contribution in [0, 0.1) is 6.92 Å². The maximum absolute atomic E-state index is 4.52. The van der Waals surface area contributed by atoms with E-state index in [0.29, 0.717) is 0 Å². The Labute approximate surface area is 337 Å². The predicted octanol–water partition coefficient (Wildman–Crippen LogP) is 15.3. The Kier molecular flexibility index (Phi) is 8.10. The number of nitrogens with zero attached hydrogens (tertiary/aromatic N) is 2. The number of thiophene rings is 1. The van der Waals surface area contributed by atoms with Gasteiger partial charge in [-0.15, -0.1) is 11.3 Å². The Morgan fingerprint density at radius 3 is 1.61 bits per heavy atom. The Bertz CT molecular complexity index is 3280. The minimum Gasteiger partial charge on any atom is -0.309 e. The van der Waals surface area contributed by atoms with Crippen molar-refractivity contribution in [3.63, 3.8) is 0 Å². The molecule has 1 aliphatic carbocycles. The first kappa shape index (κ1) is 34.5. The van der Waals surface area contributed by atoms with Crippen LogP contribution in [-0.2, 0) is 0 Å². The van der Waals surface area contributed by atoms with Crippen LogP contribution in [0.5, 0.6) is 0 Å². The van der Waals surface area contributed by atoms with Crippen molar-refractivity contribution in [1.29, 1.82) is 0 Å². The molecule has 1 aliphatic rings. The number of para-hydroxylation sites is 2. The summed E-state index contributed by atoms with van der Waals surface area (Å²) in [5.41, 5.74) is 17.9. The van der Waals surface area contributed by atoms with Gasteiger partial charge in [-0.05, 0) is 95.8 Å². The normalized spacial score (nSPS) is 14.1. The molecular formula is C54H40N2S. The number of hydrogen-bond acceptors (Lipinski definition) is 1. The molecule has 0 saturated carbocycles. The lowest BCUT2D eigenvalue weighted by atomic mass is 9.84. The van der Waals surface area contributed by atoms with Crippen molar-refractivity contribution in [2.75, 3.05) is 0 Å². The van der Waals surface area contributed by atoms with Crippen molar-refractivity contribution >= 4 is 70.0 Å². The molecule has 6 aromatic carbocycles. The number of allylic oxidation sites excluding steroid dienone is 8. The van der Waals surface area contributed by atoms with Gasteiger partial charge in [-0.2, -0.15) is 0 Å². The fourth-order valence-electron chi connectivity index (χ4n) is 9.15. The SMILES string of the molecule is C=C/C1=C(\C=C)c2c(n(-c3ccc4sc5ccccc5c4c3)c3ccccc23)-c2ccccc2-c2c1c1ccccc1n2-c1ccc(C)c(/C(C=C)=C(\C)C=C)c1. The number of aryl methyl sites for hydroxylation is 1. The fourth-order valence-corrected chi connectivity index (χ4v) is 10.2. The Balaban J connectivity index is 1.38. The van der Waals surface area contributed by atoms with Crippen LogP contribution >= 0.6 is 11.3 Å². The molecule has 0 saturated heterocycles. The molecule has 0 unspecified atom stereocenters. The highest BCUT2D eigenvalue weighted by molar-refractivity contribution is 7.25. The highest BCUT2D eigenvalue weighted by Crippen LogP contribution is 2.52. The first-order valence-electron chi connectivity index (χ1n) is 19.3. The van der Waals surface area contributed by atoms with E-state index < -0.39 is 0 Å². The Morgan fingerprint density at radius 1 is 0.526 bits per heavy atom. The van der Waals surface area contributed by atoms with Gasteiger partial charge in [0.1, 0.15) is 0 Å². The first-order chi connectivity index (χ1) is 28.0. The van der Waals surface area contributed by atoms with Gasteiger partial charge in [-0.1, -0.05) is 136 Å². The minimum absolute atomic E-state index is 1.05. The Hall–Kier alpha value is -6.94. The third-order valence-corrected chi connectivity index (χ3v) is 12.9. The smallest absolute Gasteiger partial charge is 0.0626 e. The van der Waals surface area contributed by atoms with E-state index in [9.17, 15) is 0 Å². The number of fused-ring (bicyclic) bond motifs is 12. The lowest BCUT2D eigenvalue weighted by Crippen LogP contribution is -2.05. The molecule has 0 atom stereocenters. The van der Waals surface area contributed by atoms with Gasteiger partial charge in [-0.25, -0.2) is 0 Å². The highest BCUT2D eigenvalue weighted by Gasteiger charge is 2.32. The van der Waals surface area contributed by atoms with Gasteiger partial charge in [0.25, 0.3) is 0 Å². The van der Waals surface area contributed by atoms with Crippen LogP contribution in [0.1, 0.15) is 29.2 Å². The van der Waals surface area contributed by atoms with E-state index in [0.717, 1.165) is 89.3 Å². The fraction of sp³-hybridized carbons (Fsp3) is 0.0370. The molecule has 272 valence electrons. The summed E-state index contributed by atoms with van der Waals surface area (Å²) in [5.74, 6) is 0. The van der Waals surface area contributed by atoms with E-state index in [1.54, 1.807) is 0 Å². The van der Waals surface area contributed by atoms with Crippen LogP contribution in [-0.4, -0.2) is 9.13 Å². The second-order valence-corrected chi connectivity index (χ2v) is 15.8. The van der Waals surface area contributed by atoms with Crippen molar-refractivity contribution < 1.29 is 0 Å². The second kappa shape index (κ2) is 13.4. The summed E-state index contributed by atoms with van der Waals surface area (Å²) in [6.45, 7) is 21.6. The minimum atomic E-state index is 1.05. The van der Waals surface area contributed by atoms with E-state index in [1.807, 2.05) is 35.6 Å². The maximum atomic E-state index is 4.52. The van der Waals surface area contributed by atoms with Crippen LogP contribution in [0.4, 0.5) is 0 Å². The summed E-state index contributed by atoms with van der Waals surface area (Å²) < 4.78 is 7.50. The summed E-state index contributed by atoms with van der Waals surface area (Å²) in [7, 11) is 0. The maximum Gasteiger partial charge on any atom is 0.0626 e. The highest BCUT2D eigenvalue weighted by atomic mass is 32.1. The van der Waals surface area contributed by atoms with Crippen LogP contribution < -0.4 is 0 Å². The molecular weight excluding hydrogens is 709 g/mol. The molecule has 3 heterocycles. The summed E-state index contributed by atoms with van der Waals surface area (Å²) in [6.07, 6.45) is 7.93. The van der Waals surface area contributed by atoms with E-state index in [-0.39, 0.29) is 0 Å². The average molecular weight is 749 g/mol. The Morgan fingerprint density at radius 2 is 1.04 bits per heavy atom. The van der Waals surface area contributed by atoms with Gasteiger partial charge >= 0.3 is 0 Å². The van der Waals surface area contributed by atoms with Gasteiger partial charge < -0.3 is 9.13 Å². The molecule has 10 rings (SSSR count). The van der Waals surface area contributed by atoms with Crippen molar-refractivity contribution in [2.45, 2.75) is 13.8 Å². The van der Waals surface area contributed by atoms with Crippen molar-refractivity contribution in [2.24, 2.45) is 0 Å². The van der Waals surface area contributed by atoms with Crippen molar-refractivity contribution in [3.05, 3.63) is 212 Å². The third kappa shape index (κ3) is 5.02. The van der Waals surface area contributed by atoms with Gasteiger partial charge in [0.15, 0.2) is 0 Å². The molecule has 9 aromatic rings. The summed E-state index contributed by atoms with van der Waals surface area (Å²) in [6, 6.07) is 48.9. The second-order valence-electron chi connectivity index (χ2n) is 14.7. The zero-order valence-corrected chi connectivity index (χ0v) is 33.0. The molecule has 0 N–H and O–H groups in total. The molecule has 0 radical (unpaired) electrons. The molecule has 0 amide bonds. The topological polar surface area (TPSA) is 9.86 Å². The van der Waals surface area contributed by atoms with Gasteiger partial charge in [0.2, 0.25) is 0 Å². The van der Waals surface area contributed by atoms with Crippen LogP contribution in [0.15, 0.2) is 190 Å². The summed E-state index contributed by atoms with van der Waals surface area (Å²) >= 11 is 1.85. The van der Waals surface area contributed by atoms with Crippen LogP contribution in [0.25, 0.3) is 92.6 Å². The zero-order valence-electron chi connectivity index (χ0n) is 32.1. The third-order valence-electron chi connectivity index (χ3n) is 11.7. The largest absolute Gasteiger partial charge is 0.309 e. The molecule has 3 heteroatoms. The zero-order chi connectivity index (χ0) is 38.9. The number of hydrogen-bond donors (Lipinski definition) is 0. The molecule has 0 fully saturated rings. The van der Waals surface area contributed by atoms with Crippen molar-refractivity contribution in [3.8, 4) is 33.9 Å². The van der Waals surface area contributed by atoms with Crippen molar-refractivity contribution in [1.82, 2.24) is 9.13 Å².